The zero-order chi connectivity index (χ0) is 19.7. The average Bonchev–Trinajstić information content (AvgIpc) is 3.00. The lowest BCUT2D eigenvalue weighted by atomic mass is 10.1. The molecular weight excluding hydrogens is 436 g/mol. The maximum Gasteiger partial charge on any atom is 0.344 e. The van der Waals surface area contributed by atoms with Gasteiger partial charge in [0, 0.05) is 20.5 Å². The summed E-state index contributed by atoms with van der Waals surface area (Å²) in [6.07, 6.45) is 1.79. The molecule has 3 aromatic carbocycles. The number of carbonyl (C=O) groups is 2. The van der Waals surface area contributed by atoms with Crippen LogP contribution < -0.4 is 4.74 Å². The monoisotopic (exact) mass is 450 g/mol. The van der Waals surface area contributed by atoms with Gasteiger partial charge in [-0.1, -0.05) is 47.7 Å². The molecule has 0 amide bonds. The molecular formula is C23H15BrO3S. The van der Waals surface area contributed by atoms with Crippen molar-refractivity contribution in [2.24, 2.45) is 0 Å². The highest BCUT2D eigenvalue weighted by molar-refractivity contribution is 9.10. The van der Waals surface area contributed by atoms with E-state index in [1.54, 1.807) is 30.3 Å². The summed E-state index contributed by atoms with van der Waals surface area (Å²) in [5.74, 6) is -0.0435. The number of benzene rings is 3. The standard InChI is InChI=1S/C23H15BrO3S/c1-14-10-11-19(27-23(26)16-6-2-4-8-18(16)24)15(12-14)13-21-22(25)17-7-3-5-9-20(17)28-21/h2-13H,1H3/b21-13-. The van der Waals surface area contributed by atoms with Gasteiger partial charge < -0.3 is 4.74 Å². The van der Waals surface area contributed by atoms with E-state index in [0.29, 0.717) is 31.8 Å². The lowest BCUT2D eigenvalue weighted by Gasteiger charge is -2.10. The third kappa shape index (κ3) is 3.68. The number of ketones is 1. The number of allylic oxidation sites excluding steroid dienone is 1. The molecule has 1 aliphatic rings. The number of aryl methyl sites for hydroxylation is 1. The van der Waals surface area contributed by atoms with Crippen LogP contribution in [0.1, 0.15) is 31.8 Å². The van der Waals surface area contributed by atoms with Crippen molar-refractivity contribution in [2.45, 2.75) is 11.8 Å². The quantitative estimate of drug-likeness (QED) is 0.266. The predicted octanol–water partition coefficient (Wildman–Crippen LogP) is 6.31. The number of fused-ring (bicyclic) bond motifs is 1. The number of halogens is 1. The van der Waals surface area contributed by atoms with Crippen LogP contribution in [-0.4, -0.2) is 11.8 Å². The summed E-state index contributed by atoms with van der Waals surface area (Å²) in [5.41, 5.74) is 2.86. The molecule has 3 nitrogen and oxygen atoms in total. The van der Waals surface area contributed by atoms with E-state index in [4.69, 9.17) is 4.74 Å². The summed E-state index contributed by atoms with van der Waals surface area (Å²) in [7, 11) is 0. The second-order valence-electron chi connectivity index (χ2n) is 6.35. The Labute approximate surface area is 175 Å². The van der Waals surface area contributed by atoms with Crippen LogP contribution in [0.25, 0.3) is 6.08 Å². The molecule has 0 atom stereocenters. The summed E-state index contributed by atoms with van der Waals surface area (Å²) in [6, 6.07) is 20.2. The van der Waals surface area contributed by atoms with E-state index in [1.165, 1.54) is 11.8 Å². The summed E-state index contributed by atoms with van der Waals surface area (Å²) in [4.78, 5) is 26.8. The molecule has 0 saturated carbocycles. The Kier molecular flexibility index (Phi) is 5.20. The van der Waals surface area contributed by atoms with Gasteiger partial charge in [0.15, 0.2) is 0 Å². The molecule has 28 heavy (non-hydrogen) atoms. The first-order valence-electron chi connectivity index (χ1n) is 8.63. The van der Waals surface area contributed by atoms with Crippen molar-refractivity contribution in [1.82, 2.24) is 0 Å². The number of esters is 1. The van der Waals surface area contributed by atoms with Crippen molar-refractivity contribution in [3.8, 4) is 5.75 Å². The fourth-order valence-corrected chi connectivity index (χ4v) is 4.42. The summed E-state index contributed by atoms with van der Waals surface area (Å²) >= 11 is 4.81. The normalized spacial score (nSPS) is 14.2. The third-order valence-electron chi connectivity index (χ3n) is 4.32. The van der Waals surface area contributed by atoms with Crippen LogP contribution >= 0.6 is 27.7 Å². The van der Waals surface area contributed by atoms with Gasteiger partial charge in [-0.05, 0) is 65.3 Å². The Morgan fingerprint density at radius 2 is 1.79 bits per heavy atom. The molecule has 0 spiro atoms. The molecule has 0 unspecified atom stereocenters. The lowest BCUT2D eigenvalue weighted by Crippen LogP contribution is -2.10. The molecule has 1 heterocycles. The summed E-state index contributed by atoms with van der Waals surface area (Å²) in [6.45, 7) is 1.96. The third-order valence-corrected chi connectivity index (χ3v) is 6.11. The summed E-state index contributed by atoms with van der Waals surface area (Å²) < 4.78 is 6.33. The number of hydrogen-bond acceptors (Lipinski definition) is 4. The molecule has 3 aromatic rings. The SMILES string of the molecule is Cc1ccc(OC(=O)c2ccccc2Br)c(/C=C2\Sc3ccccc3C2=O)c1. The van der Waals surface area contributed by atoms with Crippen molar-refractivity contribution in [2.75, 3.05) is 0 Å². The topological polar surface area (TPSA) is 43.4 Å². The maximum absolute atomic E-state index is 12.7. The number of carbonyl (C=O) groups excluding carboxylic acids is 2. The fourth-order valence-electron chi connectivity index (χ4n) is 2.93. The fraction of sp³-hybridized carbons (Fsp3) is 0.0435. The van der Waals surface area contributed by atoms with E-state index in [2.05, 4.69) is 15.9 Å². The second kappa shape index (κ2) is 7.78. The number of Topliss-reactive ketones (excluding diaryl/α,β-unsaturated/α-hetero) is 1. The van der Waals surface area contributed by atoms with Crippen LogP contribution in [0.2, 0.25) is 0 Å². The minimum absolute atomic E-state index is 0.00909. The number of rotatable bonds is 3. The van der Waals surface area contributed by atoms with E-state index >= 15 is 0 Å². The minimum Gasteiger partial charge on any atom is -0.422 e. The van der Waals surface area contributed by atoms with Gasteiger partial charge in [-0.3, -0.25) is 4.79 Å². The van der Waals surface area contributed by atoms with Gasteiger partial charge in [0.1, 0.15) is 5.75 Å². The average molecular weight is 451 g/mol. The van der Waals surface area contributed by atoms with Crippen LogP contribution in [0, 0.1) is 6.92 Å². The molecule has 0 N–H and O–H groups in total. The zero-order valence-electron chi connectivity index (χ0n) is 14.9. The van der Waals surface area contributed by atoms with Crippen molar-refractivity contribution in [3.63, 3.8) is 0 Å². The van der Waals surface area contributed by atoms with Crippen molar-refractivity contribution >= 4 is 45.5 Å². The van der Waals surface area contributed by atoms with Crippen LogP contribution in [-0.2, 0) is 0 Å². The zero-order valence-corrected chi connectivity index (χ0v) is 17.3. The highest BCUT2D eigenvalue weighted by atomic mass is 79.9. The van der Waals surface area contributed by atoms with Gasteiger partial charge >= 0.3 is 5.97 Å². The molecule has 0 radical (unpaired) electrons. The minimum atomic E-state index is -0.454. The van der Waals surface area contributed by atoms with Crippen molar-refractivity contribution in [1.29, 1.82) is 0 Å². The van der Waals surface area contributed by atoms with E-state index in [9.17, 15) is 9.59 Å². The van der Waals surface area contributed by atoms with Crippen LogP contribution in [0.4, 0.5) is 0 Å². The number of thioether (sulfide) groups is 1. The molecule has 0 aromatic heterocycles. The van der Waals surface area contributed by atoms with Gasteiger partial charge in [-0.2, -0.15) is 0 Å². The van der Waals surface area contributed by atoms with Gasteiger partial charge in [-0.25, -0.2) is 4.79 Å². The van der Waals surface area contributed by atoms with E-state index in [1.807, 2.05) is 49.4 Å². The smallest absolute Gasteiger partial charge is 0.344 e. The van der Waals surface area contributed by atoms with Crippen molar-refractivity contribution < 1.29 is 14.3 Å². The lowest BCUT2D eigenvalue weighted by molar-refractivity contribution is 0.0733. The first-order valence-corrected chi connectivity index (χ1v) is 10.2. The van der Waals surface area contributed by atoms with Crippen LogP contribution in [0.5, 0.6) is 5.75 Å². The van der Waals surface area contributed by atoms with E-state index in [0.717, 1.165) is 10.5 Å². The highest BCUT2D eigenvalue weighted by Gasteiger charge is 2.25. The first kappa shape index (κ1) is 18.7. The second-order valence-corrected chi connectivity index (χ2v) is 8.28. The maximum atomic E-state index is 12.7. The van der Waals surface area contributed by atoms with Gasteiger partial charge in [0.2, 0.25) is 5.78 Å². The first-order chi connectivity index (χ1) is 13.5. The molecule has 0 bridgehead atoms. The molecule has 5 heteroatoms. The molecule has 4 rings (SSSR count). The Morgan fingerprint density at radius 1 is 1.04 bits per heavy atom. The van der Waals surface area contributed by atoms with Gasteiger partial charge in [-0.15, -0.1) is 0 Å². The predicted molar refractivity (Wildman–Crippen MR) is 115 cm³/mol. The molecule has 0 saturated heterocycles. The van der Waals surface area contributed by atoms with Gasteiger partial charge in [0.05, 0.1) is 10.5 Å². The van der Waals surface area contributed by atoms with Crippen LogP contribution in [0.15, 0.2) is 81.0 Å². The van der Waals surface area contributed by atoms with Crippen LogP contribution in [0.3, 0.4) is 0 Å². The van der Waals surface area contributed by atoms with Crippen molar-refractivity contribution in [3.05, 3.63) is 98.4 Å². The Balaban J connectivity index is 1.68. The molecule has 0 fully saturated rings. The number of hydrogen-bond donors (Lipinski definition) is 0. The Bertz CT molecular complexity index is 1130. The largest absolute Gasteiger partial charge is 0.422 e. The van der Waals surface area contributed by atoms with E-state index in [-0.39, 0.29) is 5.78 Å². The molecule has 138 valence electrons. The summed E-state index contributed by atoms with van der Waals surface area (Å²) in [5, 5.41) is 0. The molecule has 0 aliphatic carbocycles. The highest BCUT2D eigenvalue weighted by Crippen LogP contribution is 2.41. The number of ether oxygens (including phenoxy) is 1. The Hall–Kier alpha value is -2.63. The van der Waals surface area contributed by atoms with E-state index < -0.39 is 5.97 Å². The van der Waals surface area contributed by atoms with Gasteiger partial charge in [0.25, 0.3) is 0 Å². The Morgan fingerprint density at radius 3 is 2.57 bits per heavy atom. The molecule has 1 aliphatic heterocycles.